The van der Waals surface area contributed by atoms with Gasteiger partial charge in [-0.05, 0) is 36.8 Å². The van der Waals surface area contributed by atoms with Gasteiger partial charge in [0.1, 0.15) is 17.4 Å². The van der Waals surface area contributed by atoms with Crippen molar-refractivity contribution in [3.05, 3.63) is 47.9 Å². The zero-order chi connectivity index (χ0) is 18.1. The van der Waals surface area contributed by atoms with Crippen molar-refractivity contribution in [1.29, 1.82) is 0 Å². The molecule has 2 aromatic rings. The van der Waals surface area contributed by atoms with Gasteiger partial charge in [-0.3, -0.25) is 4.79 Å². The number of hydrogen-bond donors (Lipinski definition) is 1. The lowest BCUT2D eigenvalue weighted by atomic mass is 10.2. The molecule has 134 valence electrons. The molecule has 0 aliphatic carbocycles. The average Bonchev–Trinajstić information content (AvgIpc) is 2.64. The molecule has 0 aliphatic heterocycles. The van der Waals surface area contributed by atoms with Crippen LogP contribution in [-0.2, 0) is 6.54 Å². The van der Waals surface area contributed by atoms with E-state index in [0.29, 0.717) is 18.0 Å². The van der Waals surface area contributed by atoms with Gasteiger partial charge < -0.3 is 15.0 Å². The van der Waals surface area contributed by atoms with Crippen LogP contribution in [0.15, 0.2) is 36.5 Å². The van der Waals surface area contributed by atoms with Crippen LogP contribution in [-0.4, -0.2) is 36.6 Å². The van der Waals surface area contributed by atoms with E-state index >= 15 is 0 Å². The van der Waals surface area contributed by atoms with Crippen molar-refractivity contribution < 1.29 is 9.53 Å². The molecule has 0 bridgehead atoms. The zero-order valence-corrected chi connectivity index (χ0v) is 15.2. The summed E-state index contributed by atoms with van der Waals surface area (Å²) in [4.78, 5) is 22.7. The van der Waals surface area contributed by atoms with Crippen molar-refractivity contribution in [2.24, 2.45) is 0 Å². The largest absolute Gasteiger partial charge is 0.494 e. The highest BCUT2D eigenvalue weighted by molar-refractivity contribution is 5.94. The van der Waals surface area contributed by atoms with Crippen LogP contribution in [0.25, 0.3) is 0 Å². The lowest BCUT2D eigenvalue weighted by molar-refractivity contribution is 0.0950. The first-order chi connectivity index (χ1) is 12.1. The number of nitrogens with zero attached hydrogens (tertiary/aromatic N) is 3. The Morgan fingerprint density at radius 3 is 2.60 bits per heavy atom. The number of carbonyl (C=O) groups is 1. The third kappa shape index (κ3) is 6.06. The molecule has 0 unspecified atom stereocenters. The number of hydrogen-bond acceptors (Lipinski definition) is 5. The van der Waals surface area contributed by atoms with Crippen LogP contribution >= 0.6 is 0 Å². The second-order valence-corrected chi connectivity index (χ2v) is 5.99. The molecule has 1 N–H and O–H groups in total. The first-order valence-corrected chi connectivity index (χ1v) is 8.60. The lowest BCUT2D eigenvalue weighted by Crippen LogP contribution is -2.24. The highest BCUT2D eigenvalue weighted by Crippen LogP contribution is 2.13. The van der Waals surface area contributed by atoms with Crippen LogP contribution in [0.5, 0.6) is 5.75 Å². The van der Waals surface area contributed by atoms with Crippen LogP contribution in [0.2, 0.25) is 0 Å². The number of benzene rings is 1. The minimum absolute atomic E-state index is 0.156. The number of aromatic nitrogens is 2. The van der Waals surface area contributed by atoms with Crippen molar-refractivity contribution in [3.8, 4) is 5.75 Å². The van der Waals surface area contributed by atoms with Gasteiger partial charge in [0.05, 0.1) is 13.2 Å². The fourth-order valence-corrected chi connectivity index (χ4v) is 2.23. The predicted molar refractivity (Wildman–Crippen MR) is 99.0 cm³/mol. The molecule has 2 rings (SSSR count). The standard InChI is InChI=1S/C19H26N4O2/c1-4-5-6-13-25-16-9-7-15(8-10-16)19(24)21-14-17-20-12-11-18(22-17)23(2)3/h7-12H,4-6,13-14H2,1-3H3,(H,21,24). The van der Waals surface area contributed by atoms with E-state index in [-0.39, 0.29) is 12.5 Å². The topological polar surface area (TPSA) is 67.3 Å². The maximum atomic E-state index is 12.2. The normalized spacial score (nSPS) is 10.4. The van der Waals surface area contributed by atoms with Crippen LogP contribution in [0, 0.1) is 0 Å². The van der Waals surface area contributed by atoms with Crippen molar-refractivity contribution in [2.75, 3.05) is 25.6 Å². The minimum Gasteiger partial charge on any atom is -0.494 e. The number of unbranched alkanes of at least 4 members (excludes halogenated alkanes) is 2. The summed E-state index contributed by atoms with van der Waals surface area (Å²) in [5.41, 5.74) is 0.588. The summed E-state index contributed by atoms with van der Waals surface area (Å²) in [7, 11) is 3.83. The van der Waals surface area contributed by atoms with Crippen molar-refractivity contribution in [3.63, 3.8) is 0 Å². The Bertz CT molecular complexity index is 671. The number of ether oxygens (including phenoxy) is 1. The monoisotopic (exact) mass is 342 g/mol. The van der Waals surface area contributed by atoms with Gasteiger partial charge >= 0.3 is 0 Å². The third-order valence-electron chi connectivity index (χ3n) is 3.69. The molecule has 1 amide bonds. The second-order valence-electron chi connectivity index (χ2n) is 5.99. The quantitative estimate of drug-likeness (QED) is 0.710. The summed E-state index contributed by atoms with van der Waals surface area (Å²) >= 11 is 0. The fraction of sp³-hybridized carbons (Fsp3) is 0.421. The van der Waals surface area contributed by atoms with Crippen molar-refractivity contribution in [1.82, 2.24) is 15.3 Å². The molecular weight excluding hydrogens is 316 g/mol. The SMILES string of the molecule is CCCCCOc1ccc(C(=O)NCc2nccc(N(C)C)n2)cc1. The Morgan fingerprint density at radius 1 is 1.16 bits per heavy atom. The van der Waals surface area contributed by atoms with E-state index < -0.39 is 0 Å². The van der Waals surface area contributed by atoms with Gasteiger partial charge in [0.25, 0.3) is 5.91 Å². The van der Waals surface area contributed by atoms with Crippen molar-refractivity contribution in [2.45, 2.75) is 32.7 Å². The summed E-state index contributed by atoms with van der Waals surface area (Å²) in [6.07, 6.45) is 5.07. The smallest absolute Gasteiger partial charge is 0.251 e. The Labute approximate surface area is 149 Å². The summed E-state index contributed by atoms with van der Waals surface area (Å²) in [6.45, 7) is 3.16. The molecule has 0 radical (unpaired) electrons. The van der Waals surface area contributed by atoms with Crippen LogP contribution < -0.4 is 15.0 Å². The van der Waals surface area contributed by atoms with Gasteiger partial charge in [0.2, 0.25) is 0 Å². The fourth-order valence-electron chi connectivity index (χ4n) is 2.23. The Hall–Kier alpha value is -2.63. The molecule has 6 nitrogen and oxygen atoms in total. The molecule has 25 heavy (non-hydrogen) atoms. The van der Waals surface area contributed by atoms with E-state index in [9.17, 15) is 4.79 Å². The molecule has 0 atom stereocenters. The van der Waals surface area contributed by atoms with Gasteiger partial charge in [0.15, 0.2) is 0 Å². The Balaban J connectivity index is 1.85. The van der Waals surface area contributed by atoms with E-state index in [1.807, 2.05) is 37.2 Å². The molecule has 1 aromatic heterocycles. The van der Waals surface area contributed by atoms with E-state index in [4.69, 9.17) is 4.74 Å². The number of amides is 1. The van der Waals surface area contributed by atoms with Gasteiger partial charge in [-0.25, -0.2) is 9.97 Å². The average molecular weight is 342 g/mol. The number of anilines is 1. The molecule has 0 spiro atoms. The van der Waals surface area contributed by atoms with Crippen LogP contribution in [0.4, 0.5) is 5.82 Å². The molecule has 0 saturated carbocycles. The van der Waals surface area contributed by atoms with Crippen molar-refractivity contribution >= 4 is 11.7 Å². The third-order valence-corrected chi connectivity index (χ3v) is 3.69. The number of rotatable bonds is 9. The van der Waals surface area contributed by atoms with E-state index in [0.717, 1.165) is 24.4 Å². The van der Waals surface area contributed by atoms with Gasteiger partial charge in [-0.1, -0.05) is 19.8 Å². The number of nitrogens with one attached hydrogen (secondary N) is 1. The summed E-state index contributed by atoms with van der Waals surface area (Å²) < 4.78 is 5.65. The van der Waals surface area contributed by atoms with Crippen LogP contribution in [0.1, 0.15) is 42.4 Å². The lowest BCUT2D eigenvalue weighted by Gasteiger charge is -2.12. The zero-order valence-electron chi connectivity index (χ0n) is 15.2. The summed E-state index contributed by atoms with van der Waals surface area (Å²) in [5, 5.41) is 2.84. The van der Waals surface area contributed by atoms with Gasteiger partial charge in [-0.15, -0.1) is 0 Å². The second kappa shape index (κ2) is 9.61. The molecule has 0 fully saturated rings. The first kappa shape index (κ1) is 18.7. The molecule has 6 heteroatoms. The Kier molecular flexibility index (Phi) is 7.19. The van der Waals surface area contributed by atoms with Gasteiger partial charge in [0, 0.05) is 25.9 Å². The van der Waals surface area contributed by atoms with E-state index in [1.165, 1.54) is 6.42 Å². The molecule has 1 heterocycles. The van der Waals surface area contributed by atoms with Crippen LogP contribution in [0.3, 0.4) is 0 Å². The molecule has 0 aliphatic rings. The molecule has 0 saturated heterocycles. The predicted octanol–water partition coefficient (Wildman–Crippen LogP) is 3.04. The highest BCUT2D eigenvalue weighted by Gasteiger charge is 2.07. The minimum atomic E-state index is -0.156. The van der Waals surface area contributed by atoms with E-state index in [2.05, 4.69) is 22.2 Å². The number of carbonyl (C=O) groups excluding carboxylic acids is 1. The molecular formula is C19H26N4O2. The maximum Gasteiger partial charge on any atom is 0.251 e. The Morgan fingerprint density at radius 2 is 1.92 bits per heavy atom. The summed E-state index contributed by atoms with van der Waals surface area (Å²) in [6, 6.07) is 9.00. The highest BCUT2D eigenvalue weighted by atomic mass is 16.5. The van der Waals surface area contributed by atoms with E-state index in [1.54, 1.807) is 18.3 Å². The van der Waals surface area contributed by atoms with Gasteiger partial charge in [-0.2, -0.15) is 0 Å². The maximum absolute atomic E-state index is 12.2. The molecule has 1 aromatic carbocycles. The summed E-state index contributed by atoms with van der Waals surface area (Å²) in [5.74, 6) is 2.02. The first-order valence-electron chi connectivity index (χ1n) is 8.60.